The van der Waals surface area contributed by atoms with Gasteiger partial charge in [-0.1, -0.05) is 25.0 Å². The summed E-state index contributed by atoms with van der Waals surface area (Å²) in [5.41, 5.74) is 0.229. The van der Waals surface area contributed by atoms with E-state index in [1.54, 1.807) is 22.5 Å². The molecular weight excluding hydrogens is 322 g/mol. The Morgan fingerprint density at radius 3 is 2.21 bits per heavy atom. The van der Waals surface area contributed by atoms with E-state index < -0.39 is 10.0 Å². The SMILES string of the molecule is N#Cc1ccccc1S(=O)(=O)N1CCC(N2CCCCCC2)CC1. The maximum absolute atomic E-state index is 12.9. The van der Waals surface area contributed by atoms with E-state index in [4.69, 9.17) is 0 Å². The average molecular weight is 347 g/mol. The zero-order valence-electron chi connectivity index (χ0n) is 14.0. The van der Waals surface area contributed by atoms with E-state index in [-0.39, 0.29) is 10.5 Å². The number of hydrogen-bond donors (Lipinski definition) is 0. The maximum Gasteiger partial charge on any atom is 0.244 e. The Labute approximate surface area is 144 Å². The number of rotatable bonds is 3. The molecule has 0 N–H and O–H groups in total. The first-order valence-electron chi connectivity index (χ1n) is 8.86. The van der Waals surface area contributed by atoms with Gasteiger partial charge in [-0.3, -0.25) is 0 Å². The first-order chi connectivity index (χ1) is 11.6. The van der Waals surface area contributed by atoms with Crippen molar-refractivity contribution < 1.29 is 8.42 Å². The molecule has 0 aliphatic carbocycles. The molecule has 2 fully saturated rings. The summed E-state index contributed by atoms with van der Waals surface area (Å²) < 4.78 is 27.3. The van der Waals surface area contributed by atoms with Crippen molar-refractivity contribution in [2.24, 2.45) is 0 Å². The summed E-state index contributed by atoms with van der Waals surface area (Å²) in [6.07, 6.45) is 6.91. The molecule has 0 spiro atoms. The standard InChI is InChI=1S/C18H25N3O2S/c19-15-16-7-3-4-8-18(16)24(22,23)21-13-9-17(10-14-21)20-11-5-1-2-6-12-20/h3-4,7-8,17H,1-2,5-6,9-14H2. The van der Waals surface area contributed by atoms with Crippen LogP contribution >= 0.6 is 0 Å². The van der Waals surface area contributed by atoms with Crippen molar-refractivity contribution >= 4 is 10.0 Å². The van der Waals surface area contributed by atoms with E-state index in [2.05, 4.69) is 4.90 Å². The summed E-state index contributed by atoms with van der Waals surface area (Å²) in [6, 6.07) is 8.97. The molecule has 0 saturated carbocycles. The number of benzene rings is 1. The van der Waals surface area contributed by atoms with Crippen LogP contribution in [0.5, 0.6) is 0 Å². The van der Waals surface area contributed by atoms with Crippen LogP contribution in [0.2, 0.25) is 0 Å². The van der Waals surface area contributed by atoms with Crippen molar-refractivity contribution in [3.8, 4) is 6.07 Å². The molecular formula is C18H25N3O2S. The van der Waals surface area contributed by atoms with Crippen LogP contribution in [0.4, 0.5) is 0 Å². The van der Waals surface area contributed by atoms with Crippen LogP contribution < -0.4 is 0 Å². The van der Waals surface area contributed by atoms with Crippen LogP contribution in [-0.2, 0) is 10.0 Å². The van der Waals surface area contributed by atoms with Crippen LogP contribution in [0.25, 0.3) is 0 Å². The second kappa shape index (κ2) is 7.64. The molecule has 0 bridgehead atoms. The summed E-state index contributed by atoms with van der Waals surface area (Å²) >= 11 is 0. The smallest absolute Gasteiger partial charge is 0.244 e. The number of piperidine rings is 1. The summed E-state index contributed by atoms with van der Waals surface area (Å²) in [6.45, 7) is 3.38. The second-order valence-corrected chi connectivity index (χ2v) is 8.60. The van der Waals surface area contributed by atoms with Crippen LogP contribution in [0.15, 0.2) is 29.2 Å². The molecule has 2 saturated heterocycles. The van der Waals surface area contributed by atoms with Gasteiger partial charge in [-0.2, -0.15) is 9.57 Å². The highest BCUT2D eigenvalue weighted by molar-refractivity contribution is 7.89. The van der Waals surface area contributed by atoms with Crippen molar-refractivity contribution in [2.75, 3.05) is 26.2 Å². The van der Waals surface area contributed by atoms with Crippen molar-refractivity contribution in [2.45, 2.75) is 49.5 Å². The van der Waals surface area contributed by atoms with Gasteiger partial charge in [-0.15, -0.1) is 0 Å². The summed E-state index contributed by atoms with van der Waals surface area (Å²) in [5, 5.41) is 9.18. The van der Waals surface area contributed by atoms with Gasteiger partial charge in [0, 0.05) is 19.1 Å². The minimum absolute atomic E-state index is 0.140. The molecule has 0 aromatic heterocycles. The minimum atomic E-state index is -3.57. The van der Waals surface area contributed by atoms with Gasteiger partial charge >= 0.3 is 0 Å². The summed E-state index contributed by atoms with van der Waals surface area (Å²) in [4.78, 5) is 2.70. The minimum Gasteiger partial charge on any atom is -0.300 e. The second-order valence-electron chi connectivity index (χ2n) is 6.69. The molecule has 3 rings (SSSR count). The van der Waals surface area contributed by atoms with Gasteiger partial charge in [-0.05, 0) is 50.9 Å². The Morgan fingerprint density at radius 2 is 1.58 bits per heavy atom. The molecule has 0 radical (unpaired) electrons. The third-order valence-corrected chi connectivity index (χ3v) is 7.16. The van der Waals surface area contributed by atoms with Crippen molar-refractivity contribution in [1.82, 2.24) is 9.21 Å². The fraction of sp³-hybridized carbons (Fsp3) is 0.611. The van der Waals surface area contributed by atoms with E-state index in [1.165, 1.54) is 31.7 Å². The van der Waals surface area contributed by atoms with Gasteiger partial charge in [0.15, 0.2) is 0 Å². The molecule has 2 heterocycles. The lowest BCUT2D eigenvalue weighted by atomic mass is 10.0. The lowest BCUT2D eigenvalue weighted by molar-refractivity contribution is 0.144. The van der Waals surface area contributed by atoms with E-state index in [0.29, 0.717) is 19.1 Å². The number of nitriles is 1. The predicted octanol–water partition coefficient (Wildman–Crippen LogP) is 2.59. The van der Waals surface area contributed by atoms with Gasteiger partial charge in [0.05, 0.1) is 10.5 Å². The van der Waals surface area contributed by atoms with Gasteiger partial charge in [0.25, 0.3) is 0 Å². The summed E-state index contributed by atoms with van der Waals surface area (Å²) in [7, 11) is -3.57. The fourth-order valence-electron chi connectivity index (χ4n) is 3.83. The van der Waals surface area contributed by atoms with Gasteiger partial charge in [0.1, 0.15) is 6.07 Å². The predicted molar refractivity (Wildman–Crippen MR) is 93.0 cm³/mol. The third kappa shape index (κ3) is 3.64. The Balaban J connectivity index is 1.68. The first-order valence-corrected chi connectivity index (χ1v) is 10.3. The molecule has 1 aromatic carbocycles. The van der Waals surface area contributed by atoms with Gasteiger partial charge < -0.3 is 4.90 Å². The molecule has 5 nitrogen and oxygen atoms in total. The molecule has 6 heteroatoms. The highest BCUT2D eigenvalue weighted by atomic mass is 32.2. The van der Waals surface area contributed by atoms with Gasteiger partial charge in [-0.25, -0.2) is 8.42 Å². The molecule has 24 heavy (non-hydrogen) atoms. The van der Waals surface area contributed by atoms with Crippen molar-refractivity contribution in [3.63, 3.8) is 0 Å². The lowest BCUT2D eigenvalue weighted by Gasteiger charge is -2.37. The Morgan fingerprint density at radius 1 is 0.958 bits per heavy atom. The normalized spacial score (nSPS) is 22.0. The van der Waals surface area contributed by atoms with E-state index in [1.807, 2.05) is 6.07 Å². The van der Waals surface area contributed by atoms with E-state index in [9.17, 15) is 13.7 Å². The number of hydrogen-bond acceptors (Lipinski definition) is 4. The largest absolute Gasteiger partial charge is 0.300 e. The first kappa shape index (κ1) is 17.4. The molecule has 0 unspecified atom stereocenters. The van der Waals surface area contributed by atoms with Crippen LogP contribution in [-0.4, -0.2) is 49.8 Å². The van der Waals surface area contributed by atoms with E-state index in [0.717, 1.165) is 25.9 Å². The number of likely N-dealkylation sites (tertiary alicyclic amines) is 1. The van der Waals surface area contributed by atoms with E-state index >= 15 is 0 Å². The molecule has 2 aliphatic heterocycles. The average Bonchev–Trinajstić information content (AvgIpc) is 2.91. The zero-order chi connectivity index (χ0) is 17.0. The van der Waals surface area contributed by atoms with Gasteiger partial charge in [0.2, 0.25) is 10.0 Å². The van der Waals surface area contributed by atoms with Crippen LogP contribution in [0, 0.1) is 11.3 Å². The Bertz CT molecular complexity index is 695. The zero-order valence-corrected chi connectivity index (χ0v) is 14.8. The van der Waals surface area contributed by atoms with Crippen molar-refractivity contribution in [3.05, 3.63) is 29.8 Å². The monoisotopic (exact) mass is 347 g/mol. The highest BCUT2D eigenvalue weighted by Crippen LogP contribution is 2.26. The van der Waals surface area contributed by atoms with Crippen molar-refractivity contribution in [1.29, 1.82) is 5.26 Å². The van der Waals surface area contributed by atoms with Crippen LogP contribution in [0.1, 0.15) is 44.1 Å². The molecule has 0 atom stereocenters. The number of nitrogens with zero attached hydrogens (tertiary/aromatic N) is 3. The Hall–Kier alpha value is -1.42. The Kier molecular flexibility index (Phi) is 5.54. The molecule has 2 aliphatic rings. The highest BCUT2D eigenvalue weighted by Gasteiger charge is 2.32. The fourth-order valence-corrected chi connectivity index (χ4v) is 5.44. The number of sulfonamides is 1. The van der Waals surface area contributed by atoms with Crippen LogP contribution in [0.3, 0.4) is 0 Å². The maximum atomic E-state index is 12.9. The molecule has 130 valence electrons. The quantitative estimate of drug-likeness (QED) is 0.843. The molecule has 0 amide bonds. The summed E-state index contributed by atoms with van der Waals surface area (Å²) in [5.74, 6) is 0. The topological polar surface area (TPSA) is 64.4 Å². The third-order valence-electron chi connectivity index (χ3n) is 5.21. The molecule has 1 aromatic rings. The lowest BCUT2D eigenvalue weighted by Crippen LogP contribution is -2.47.